The summed E-state index contributed by atoms with van der Waals surface area (Å²) in [5.74, 6) is -0.267. The molecule has 0 saturated carbocycles. The highest BCUT2D eigenvalue weighted by Crippen LogP contribution is 1.91. The smallest absolute Gasteiger partial charge is 0.234 e. The Hall–Kier alpha value is -0.570. The summed E-state index contributed by atoms with van der Waals surface area (Å²) in [5, 5.41) is 3.05. The molecule has 0 unspecified atom stereocenters. The van der Waals surface area contributed by atoms with Gasteiger partial charge in [0.05, 0.1) is 6.04 Å². The third-order valence-electron chi connectivity index (χ3n) is 1.29. The Labute approximate surface area is 62.0 Å². The van der Waals surface area contributed by atoms with Crippen LogP contribution in [0.25, 0.3) is 0 Å². The van der Waals surface area contributed by atoms with Gasteiger partial charge in [-0.3, -0.25) is 4.79 Å². The summed E-state index contributed by atoms with van der Waals surface area (Å²) in [6, 6.07) is 0.150. The van der Waals surface area contributed by atoms with Crippen LogP contribution >= 0.6 is 0 Å². The van der Waals surface area contributed by atoms with E-state index in [4.69, 9.17) is 5.73 Å². The Kier molecular flexibility index (Phi) is 4.03. The lowest BCUT2D eigenvalue weighted by Crippen LogP contribution is -2.43. The molecule has 10 heavy (non-hydrogen) atoms. The second-order valence-electron chi connectivity index (χ2n) is 2.68. The van der Waals surface area contributed by atoms with E-state index in [2.05, 4.69) is 5.32 Å². The molecule has 60 valence electrons. The number of primary amides is 1. The summed E-state index contributed by atoms with van der Waals surface area (Å²) >= 11 is 0. The molecule has 3 nitrogen and oxygen atoms in total. The van der Waals surface area contributed by atoms with Gasteiger partial charge in [0.1, 0.15) is 0 Å². The minimum atomic E-state index is -0.267. The highest BCUT2D eigenvalue weighted by atomic mass is 16.1. The quantitative estimate of drug-likeness (QED) is 0.594. The molecule has 0 fully saturated rings. The first-order valence-electron chi connectivity index (χ1n) is 3.63. The molecule has 0 saturated heterocycles. The van der Waals surface area contributed by atoms with E-state index in [1.807, 2.05) is 20.8 Å². The molecule has 3 N–H and O–H groups in total. The molecule has 0 aromatic rings. The molecular formula is C7H16N2O. The van der Waals surface area contributed by atoms with Crippen LogP contribution in [-0.2, 0) is 4.79 Å². The molecule has 0 spiro atoms. The van der Waals surface area contributed by atoms with Gasteiger partial charge in [0.15, 0.2) is 0 Å². The lowest BCUT2D eigenvalue weighted by Gasteiger charge is -2.15. The number of hydrogen-bond acceptors (Lipinski definition) is 2. The molecule has 0 aromatic carbocycles. The summed E-state index contributed by atoms with van der Waals surface area (Å²) in [4.78, 5) is 10.6. The van der Waals surface area contributed by atoms with Gasteiger partial charge in [-0.1, -0.05) is 20.8 Å². The van der Waals surface area contributed by atoms with Crippen molar-refractivity contribution in [2.24, 2.45) is 5.73 Å². The summed E-state index contributed by atoms with van der Waals surface area (Å²) in [7, 11) is 0. The van der Waals surface area contributed by atoms with E-state index in [1.54, 1.807) is 0 Å². The molecule has 0 bridgehead atoms. The van der Waals surface area contributed by atoms with E-state index in [9.17, 15) is 4.79 Å². The maximum absolute atomic E-state index is 10.6. The molecule has 0 aromatic heterocycles. The van der Waals surface area contributed by atoms with Crippen LogP contribution in [0, 0.1) is 0 Å². The Morgan fingerprint density at radius 1 is 1.60 bits per heavy atom. The maximum Gasteiger partial charge on any atom is 0.234 e. The zero-order valence-corrected chi connectivity index (χ0v) is 6.85. The van der Waals surface area contributed by atoms with Crippen LogP contribution in [0.1, 0.15) is 27.2 Å². The average Bonchev–Trinajstić information content (AvgIpc) is 1.81. The minimum absolute atomic E-state index is 0.167. The number of hydrogen-bond donors (Lipinski definition) is 2. The first-order valence-corrected chi connectivity index (χ1v) is 3.63. The van der Waals surface area contributed by atoms with Crippen molar-refractivity contribution in [2.45, 2.75) is 39.3 Å². The van der Waals surface area contributed by atoms with E-state index in [1.165, 1.54) is 0 Å². The van der Waals surface area contributed by atoms with E-state index in [0.717, 1.165) is 6.42 Å². The summed E-state index contributed by atoms with van der Waals surface area (Å²) in [6.07, 6.45) is 0.757. The van der Waals surface area contributed by atoms with Gasteiger partial charge in [0.25, 0.3) is 0 Å². The van der Waals surface area contributed by atoms with Gasteiger partial charge >= 0.3 is 0 Å². The van der Waals surface area contributed by atoms with Crippen molar-refractivity contribution in [3.8, 4) is 0 Å². The molecule has 0 rings (SSSR count). The van der Waals surface area contributed by atoms with Crippen LogP contribution in [0.3, 0.4) is 0 Å². The van der Waals surface area contributed by atoms with Gasteiger partial charge in [-0.15, -0.1) is 0 Å². The van der Waals surface area contributed by atoms with E-state index >= 15 is 0 Å². The van der Waals surface area contributed by atoms with E-state index < -0.39 is 0 Å². The number of carbonyl (C=O) groups excluding carboxylic acids is 1. The normalized spacial score (nSPS) is 13.6. The standard InChI is InChI=1S/C7H16N2O/c1-4-6(7(8)10)9-5(2)3/h5-6,9H,4H2,1-3H3,(H2,8,10)/t6-/m1/s1. The van der Waals surface area contributed by atoms with Crippen molar-refractivity contribution in [2.75, 3.05) is 0 Å². The zero-order valence-electron chi connectivity index (χ0n) is 6.85. The topological polar surface area (TPSA) is 55.1 Å². The molecular weight excluding hydrogens is 128 g/mol. The summed E-state index contributed by atoms with van der Waals surface area (Å²) in [6.45, 7) is 5.92. The van der Waals surface area contributed by atoms with Gasteiger partial charge in [0.2, 0.25) is 5.91 Å². The number of carbonyl (C=O) groups is 1. The Morgan fingerprint density at radius 3 is 2.20 bits per heavy atom. The van der Waals surface area contributed by atoms with Crippen LogP contribution in [0.15, 0.2) is 0 Å². The van der Waals surface area contributed by atoms with Crippen molar-refractivity contribution < 1.29 is 4.79 Å². The Bertz CT molecular complexity index is 112. The lowest BCUT2D eigenvalue weighted by molar-refractivity contribution is -0.120. The van der Waals surface area contributed by atoms with Gasteiger partial charge in [-0.2, -0.15) is 0 Å². The third-order valence-corrected chi connectivity index (χ3v) is 1.29. The zero-order chi connectivity index (χ0) is 8.15. The maximum atomic E-state index is 10.6. The molecule has 0 aliphatic carbocycles. The number of rotatable bonds is 4. The number of amides is 1. The SMILES string of the molecule is CC[C@@H](NC(C)C)C(N)=O. The molecule has 0 heterocycles. The predicted molar refractivity (Wildman–Crippen MR) is 41.5 cm³/mol. The number of nitrogens with two attached hydrogens (primary N) is 1. The van der Waals surface area contributed by atoms with Crippen LogP contribution in [0.4, 0.5) is 0 Å². The van der Waals surface area contributed by atoms with Crippen molar-refractivity contribution >= 4 is 5.91 Å². The van der Waals surface area contributed by atoms with Gasteiger partial charge in [-0.05, 0) is 6.42 Å². The van der Waals surface area contributed by atoms with E-state index in [0.29, 0.717) is 6.04 Å². The highest BCUT2D eigenvalue weighted by molar-refractivity contribution is 5.79. The van der Waals surface area contributed by atoms with Crippen LogP contribution < -0.4 is 11.1 Å². The third kappa shape index (κ3) is 3.45. The van der Waals surface area contributed by atoms with Crippen LogP contribution in [0.5, 0.6) is 0 Å². The van der Waals surface area contributed by atoms with Crippen molar-refractivity contribution in [3.63, 3.8) is 0 Å². The number of nitrogens with one attached hydrogen (secondary N) is 1. The van der Waals surface area contributed by atoms with Crippen molar-refractivity contribution in [1.29, 1.82) is 0 Å². The minimum Gasteiger partial charge on any atom is -0.368 e. The van der Waals surface area contributed by atoms with Gasteiger partial charge in [0, 0.05) is 6.04 Å². The first kappa shape index (κ1) is 9.43. The van der Waals surface area contributed by atoms with Gasteiger partial charge < -0.3 is 11.1 Å². The second-order valence-corrected chi connectivity index (χ2v) is 2.68. The molecule has 1 amide bonds. The fraction of sp³-hybridized carbons (Fsp3) is 0.857. The van der Waals surface area contributed by atoms with Gasteiger partial charge in [-0.25, -0.2) is 0 Å². The van der Waals surface area contributed by atoms with Crippen molar-refractivity contribution in [1.82, 2.24) is 5.32 Å². The molecule has 0 radical (unpaired) electrons. The summed E-state index contributed by atoms with van der Waals surface area (Å²) in [5.41, 5.74) is 5.09. The van der Waals surface area contributed by atoms with Crippen molar-refractivity contribution in [3.05, 3.63) is 0 Å². The highest BCUT2D eigenvalue weighted by Gasteiger charge is 2.12. The van der Waals surface area contributed by atoms with Crippen LogP contribution in [-0.4, -0.2) is 18.0 Å². The summed E-state index contributed by atoms with van der Waals surface area (Å²) < 4.78 is 0. The fourth-order valence-corrected chi connectivity index (χ4v) is 0.804. The second kappa shape index (κ2) is 4.28. The molecule has 0 aliphatic heterocycles. The molecule has 3 heteroatoms. The Morgan fingerprint density at radius 2 is 2.10 bits per heavy atom. The molecule has 0 aliphatic rings. The van der Waals surface area contributed by atoms with Crippen LogP contribution in [0.2, 0.25) is 0 Å². The van der Waals surface area contributed by atoms with E-state index in [-0.39, 0.29) is 11.9 Å². The predicted octanol–water partition coefficient (Wildman–Crippen LogP) is 0.248. The average molecular weight is 144 g/mol. The fourth-order valence-electron chi connectivity index (χ4n) is 0.804. The largest absolute Gasteiger partial charge is 0.368 e. The lowest BCUT2D eigenvalue weighted by atomic mass is 10.2. The monoisotopic (exact) mass is 144 g/mol. The first-order chi connectivity index (χ1) is 4.57. The molecule has 1 atom stereocenters. The Balaban J connectivity index is 3.72.